The van der Waals surface area contributed by atoms with Crippen molar-refractivity contribution in [2.24, 2.45) is 5.92 Å². The number of carboxylic acid groups (broad SMARTS) is 1. The van der Waals surface area contributed by atoms with E-state index in [4.69, 9.17) is 16.7 Å². The number of benzene rings is 1. The van der Waals surface area contributed by atoms with Crippen molar-refractivity contribution in [1.82, 2.24) is 4.90 Å². The van der Waals surface area contributed by atoms with Crippen LogP contribution in [0.2, 0.25) is 5.02 Å². The van der Waals surface area contributed by atoms with Crippen molar-refractivity contribution < 1.29 is 15.0 Å². The van der Waals surface area contributed by atoms with E-state index in [0.29, 0.717) is 17.5 Å². The lowest BCUT2D eigenvalue weighted by Crippen LogP contribution is -2.20. The molecule has 1 saturated heterocycles. The highest BCUT2D eigenvalue weighted by atomic mass is 35.5. The van der Waals surface area contributed by atoms with Gasteiger partial charge in [-0.15, -0.1) is 0 Å². The Kier molecular flexibility index (Phi) is 4.66. The molecule has 104 valence electrons. The Morgan fingerprint density at radius 1 is 1.47 bits per heavy atom. The predicted molar refractivity (Wildman–Crippen MR) is 73.4 cm³/mol. The molecule has 0 aromatic heterocycles. The molecule has 1 aliphatic heterocycles. The van der Waals surface area contributed by atoms with Gasteiger partial charge in [0.05, 0.1) is 0 Å². The zero-order valence-corrected chi connectivity index (χ0v) is 11.4. The van der Waals surface area contributed by atoms with Crippen LogP contribution in [0.1, 0.15) is 24.8 Å². The molecule has 1 aliphatic rings. The molecule has 2 rings (SSSR count). The lowest BCUT2D eigenvalue weighted by atomic mass is 10.0. The number of carbonyl (C=O) groups is 1. The molecule has 0 saturated carbocycles. The van der Waals surface area contributed by atoms with Crippen molar-refractivity contribution in [2.45, 2.75) is 25.8 Å². The van der Waals surface area contributed by atoms with Crippen molar-refractivity contribution in [2.75, 3.05) is 13.1 Å². The standard InChI is InChI=1S/C14H18ClNO3/c15-12-2-1-3-13(17)11(12)9-16-7-6-10(8-16)4-5-14(18)19/h1-3,10,17H,4-9H2,(H,18,19). The number of carboxylic acids is 1. The molecule has 1 fully saturated rings. The Morgan fingerprint density at radius 3 is 2.95 bits per heavy atom. The smallest absolute Gasteiger partial charge is 0.303 e. The first kappa shape index (κ1) is 14.2. The molecule has 0 spiro atoms. The van der Waals surface area contributed by atoms with Gasteiger partial charge in [-0.05, 0) is 37.4 Å². The van der Waals surface area contributed by atoms with E-state index in [-0.39, 0.29) is 12.2 Å². The lowest BCUT2D eigenvalue weighted by molar-refractivity contribution is -0.137. The van der Waals surface area contributed by atoms with Gasteiger partial charge >= 0.3 is 5.97 Å². The van der Waals surface area contributed by atoms with Gasteiger partial charge in [0.25, 0.3) is 0 Å². The van der Waals surface area contributed by atoms with E-state index in [1.54, 1.807) is 18.2 Å². The van der Waals surface area contributed by atoms with Gasteiger partial charge in [0.15, 0.2) is 0 Å². The van der Waals surface area contributed by atoms with Crippen LogP contribution in [0.25, 0.3) is 0 Å². The second-order valence-corrected chi connectivity index (χ2v) is 5.47. The van der Waals surface area contributed by atoms with E-state index in [9.17, 15) is 9.90 Å². The zero-order chi connectivity index (χ0) is 13.8. The van der Waals surface area contributed by atoms with Crippen LogP contribution in [0, 0.1) is 5.92 Å². The van der Waals surface area contributed by atoms with Gasteiger partial charge in [0.2, 0.25) is 0 Å². The van der Waals surface area contributed by atoms with Gasteiger partial charge in [-0.2, -0.15) is 0 Å². The molecule has 1 unspecified atom stereocenters. The van der Waals surface area contributed by atoms with Crippen LogP contribution >= 0.6 is 11.6 Å². The Labute approximate surface area is 117 Å². The van der Waals surface area contributed by atoms with Crippen LogP contribution in [0.5, 0.6) is 5.75 Å². The quantitative estimate of drug-likeness (QED) is 0.872. The molecular formula is C14H18ClNO3. The number of halogens is 1. The van der Waals surface area contributed by atoms with E-state index in [0.717, 1.165) is 31.5 Å². The third kappa shape index (κ3) is 3.85. The summed E-state index contributed by atoms with van der Waals surface area (Å²) in [7, 11) is 0. The maximum absolute atomic E-state index is 10.6. The minimum absolute atomic E-state index is 0.224. The molecule has 19 heavy (non-hydrogen) atoms. The van der Waals surface area contributed by atoms with E-state index >= 15 is 0 Å². The fourth-order valence-electron chi connectivity index (χ4n) is 2.55. The van der Waals surface area contributed by atoms with Crippen LogP contribution in [-0.4, -0.2) is 34.2 Å². The highest BCUT2D eigenvalue weighted by Crippen LogP contribution is 2.29. The minimum atomic E-state index is -0.734. The van der Waals surface area contributed by atoms with E-state index in [1.807, 2.05) is 0 Å². The first-order valence-electron chi connectivity index (χ1n) is 6.46. The Balaban J connectivity index is 1.90. The lowest BCUT2D eigenvalue weighted by Gasteiger charge is -2.17. The maximum Gasteiger partial charge on any atom is 0.303 e. The fraction of sp³-hybridized carbons (Fsp3) is 0.500. The molecule has 0 aliphatic carbocycles. The van der Waals surface area contributed by atoms with E-state index in [2.05, 4.69) is 4.90 Å². The number of aromatic hydroxyl groups is 1. The first-order valence-corrected chi connectivity index (χ1v) is 6.84. The van der Waals surface area contributed by atoms with Gasteiger partial charge in [0.1, 0.15) is 5.75 Å². The number of hydrogen-bond acceptors (Lipinski definition) is 3. The first-order chi connectivity index (χ1) is 9.06. The normalized spacial score (nSPS) is 19.7. The average molecular weight is 284 g/mol. The zero-order valence-electron chi connectivity index (χ0n) is 10.7. The van der Waals surface area contributed by atoms with E-state index < -0.39 is 5.97 Å². The maximum atomic E-state index is 10.6. The highest BCUT2D eigenvalue weighted by Gasteiger charge is 2.24. The third-order valence-electron chi connectivity index (χ3n) is 3.61. The summed E-state index contributed by atoms with van der Waals surface area (Å²) < 4.78 is 0. The second-order valence-electron chi connectivity index (χ2n) is 5.06. The summed E-state index contributed by atoms with van der Waals surface area (Å²) in [6.45, 7) is 2.42. The molecule has 2 N–H and O–H groups in total. The minimum Gasteiger partial charge on any atom is -0.508 e. The van der Waals surface area contributed by atoms with E-state index in [1.165, 1.54) is 0 Å². The van der Waals surface area contributed by atoms with Crippen molar-refractivity contribution in [3.05, 3.63) is 28.8 Å². The number of phenolic OH excluding ortho intramolecular Hbond substituents is 1. The summed E-state index contributed by atoms with van der Waals surface area (Å²) in [5.74, 6) is -0.0792. The molecule has 0 radical (unpaired) electrons. The topological polar surface area (TPSA) is 60.8 Å². The monoisotopic (exact) mass is 283 g/mol. The van der Waals surface area contributed by atoms with Crippen LogP contribution < -0.4 is 0 Å². The number of aliphatic carboxylic acids is 1. The molecule has 0 bridgehead atoms. The van der Waals surface area contributed by atoms with Crippen molar-refractivity contribution in [1.29, 1.82) is 0 Å². The molecule has 0 amide bonds. The predicted octanol–water partition coefficient (Wildman–Crippen LogP) is 2.73. The van der Waals surface area contributed by atoms with Gasteiger partial charge < -0.3 is 10.2 Å². The molecular weight excluding hydrogens is 266 g/mol. The number of likely N-dealkylation sites (tertiary alicyclic amines) is 1. The van der Waals surface area contributed by atoms with Crippen LogP contribution in [0.15, 0.2) is 18.2 Å². The molecule has 1 aromatic carbocycles. The van der Waals surface area contributed by atoms with Crippen molar-refractivity contribution in [3.8, 4) is 5.75 Å². The summed E-state index contributed by atoms with van der Waals surface area (Å²) in [6.07, 6.45) is 1.97. The summed E-state index contributed by atoms with van der Waals surface area (Å²) in [5.41, 5.74) is 0.753. The van der Waals surface area contributed by atoms with Crippen LogP contribution in [0.4, 0.5) is 0 Å². The largest absolute Gasteiger partial charge is 0.508 e. The van der Waals surface area contributed by atoms with Gasteiger partial charge in [-0.3, -0.25) is 9.69 Å². The molecule has 4 nitrogen and oxygen atoms in total. The fourth-order valence-corrected chi connectivity index (χ4v) is 2.78. The molecule has 1 atom stereocenters. The molecule has 1 aromatic rings. The average Bonchev–Trinajstić information content (AvgIpc) is 2.79. The van der Waals surface area contributed by atoms with Gasteiger partial charge in [-0.1, -0.05) is 17.7 Å². The molecule has 1 heterocycles. The Hall–Kier alpha value is -1.26. The Morgan fingerprint density at radius 2 is 2.26 bits per heavy atom. The summed E-state index contributed by atoms with van der Waals surface area (Å²) in [5, 5.41) is 19.1. The van der Waals surface area contributed by atoms with Crippen LogP contribution in [-0.2, 0) is 11.3 Å². The van der Waals surface area contributed by atoms with Gasteiger partial charge in [0, 0.05) is 30.1 Å². The number of nitrogens with zero attached hydrogens (tertiary/aromatic N) is 1. The summed E-state index contributed by atoms with van der Waals surface area (Å²) in [4.78, 5) is 12.8. The molecule has 5 heteroatoms. The number of hydrogen-bond donors (Lipinski definition) is 2. The number of phenols is 1. The highest BCUT2D eigenvalue weighted by molar-refractivity contribution is 6.31. The van der Waals surface area contributed by atoms with Crippen molar-refractivity contribution >= 4 is 17.6 Å². The summed E-state index contributed by atoms with van der Waals surface area (Å²) in [6, 6.07) is 5.13. The number of rotatable bonds is 5. The Bertz CT molecular complexity index is 444. The second kappa shape index (κ2) is 6.26. The third-order valence-corrected chi connectivity index (χ3v) is 3.97. The van der Waals surface area contributed by atoms with Gasteiger partial charge in [-0.25, -0.2) is 0 Å². The SMILES string of the molecule is O=C(O)CCC1CCN(Cc2c(O)cccc2Cl)C1. The summed E-state index contributed by atoms with van der Waals surface area (Å²) >= 11 is 6.08. The van der Waals surface area contributed by atoms with Crippen molar-refractivity contribution in [3.63, 3.8) is 0 Å². The van der Waals surface area contributed by atoms with Crippen LogP contribution in [0.3, 0.4) is 0 Å².